The molecule has 0 bridgehead atoms. The van der Waals surface area contributed by atoms with E-state index in [9.17, 15) is 4.79 Å². The van der Waals surface area contributed by atoms with E-state index in [1.807, 2.05) is 24.3 Å². The molecule has 2 nitrogen and oxygen atoms in total. The molecule has 1 amide bonds. The van der Waals surface area contributed by atoms with Crippen molar-refractivity contribution in [3.63, 3.8) is 0 Å². The fourth-order valence-electron chi connectivity index (χ4n) is 2.42. The van der Waals surface area contributed by atoms with E-state index in [0.29, 0.717) is 5.33 Å². The number of rotatable bonds is 5. The average Bonchev–Trinajstić information content (AvgIpc) is 2.48. The number of allylic oxidation sites excluding steroid dienone is 1. The van der Waals surface area contributed by atoms with Gasteiger partial charge in [-0.05, 0) is 43.7 Å². The van der Waals surface area contributed by atoms with E-state index < -0.39 is 0 Å². The van der Waals surface area contributed by atoms with Crippen molar-refractivity contribution in [2.75, 3.05) is 6.54 Å². The van der Waals surface area contributed by atoms with Crippen molar-refractivity contribution in [1.29, 1.82) is 0 Å². The Morgan fingerprint density at radius 2 is 2.11 bits per heavy atom. The lowest BCUT2D eigenvalue weighted by Crippen LogP contribution is -2.25. The topological polar surface area (TPSA) is 29.1 Å². The molecule has 1 aromatic carbocycles. The largest absolute Gasteiger partial charge is 0.352 e. The highest BCUT2D eigenvalue weighted by Gasteiger charge is 2.10. The molecule has 0 aliphatic heterocycles. The molecule has 0 atom stereocenters. The van der Waals surface area contributed by atoms with Crippen LogP contribution in [0.4, 0.5) is 0 Å². The highest BCUT2D eigenvalue weighted by molar-refractivity contribution is 9.08. The first-order chi connectivity index (χ1) is 9.31. The number of hydrogen-bond donors (Lipinski definition) is 1. The van der Waals surface area contributed by atoms with Crippen LogP contribution in [0.2, 0.25) is 0 Å². The third kappa shape index (κ3) is 4.20. The summed E-state index contributed by atoms with van der Waals surface area (Å²) in [7, 11) is 0. The molecule has 2 rings (SSSR count). The molecule has 0 saturated carbocycles. The maximum atomic E-state index is 12.1. The number of nitrogens with one attached hydrogen (secondary N) is 1. The highest BCUT2D eigenvalue weighted by Crippen LogP contribution is 2.19. The molecule has 3 heteroatoms. The van der Waals surface area contributed by atoms with E-state index in [2.05, 4.69) is 27.3 Å². The van der Waals surface area contributed by atoms with E-state index in [1.165, 1.54) is 31.3 Å². The lowest BCUT2D eigenvalue weighted by molar-refractivity contribution is 0.0953. The molecule has 1 aromatic rings. The summed E-state index contributed by atoms with van der Waals surface area (Å²) < 4.78 is 0. The number of benzene rings is 1. The minimum atomic E-state index is 0.0338. The number of carbonyl (C=O) groups is 1. The molecular formula is C16H20BrNO. The fourth-order valence-corrected chi connectivity index (χ4v) is 2.91. The van der Waals surface area contributed by atoms with Gasteiger partial charge in [-0.1, -0.05) is 45.8 Å². The second kappa shape index (κ2) is 7.49. The highest BCUT2D eigenvalue weighted by atomic mass is 79.9. The van der Waals surface area contributed by atoms with Gasteiger partial charge in [0.05, 0.1) is 0 Å². The zero-order chi connectivity index (χ0) is 13.5. The predicted molar refractivity (Wildman–Crippen MR) is 82.6 cm³/mol. The first-order valence-corrected chi connectivity index (χ1v) is 8.03. The Morgan fingerprint density at radius 3 is 2.84 bits per heavy atom. The summed E-state index contributed by atoms with van der Waals surface area (Å²) >= 11 is 3.42. The quantitative estimate of drug-likeness (QED) is 0.639. The Kier molecular flexibility index (Phi) is 5.64. The second-order valence-electron chi connectivity index (χ2n) is 4.90. The van der Waals surface area contributed by atoms with Gasteiger partial charge in [0.15, 0.2) is 0 Å². The maximum Gasteiger partial charge on any atom is 0.251 e. The fraction of sp³-hybridized carbons (Fsp3) is 0.438. The predicted octanol–water partition coefficient (Wildman–Crippen LogP) is 4.20. The summed E-state index contributed by atoms with van der Waals surface area (Å²) in [6.45, 7) is 0.737. The van der Waals surface area contributed by atoms with E-state index in [1.54, 1.807) is 0 Å². The van der Waals surface area contributed by atoms with Gasteiger partial charge in [-0.25, -0.2) is 0 Å². The lowest BCUT2D eigenvalue weighted by Gasteiger charge is -2.13. The van der Waals surface area contributed by atoms with Crippen molar-refractivity contribution in [3.8, 4) is 0 Å². The van der Waals surface area contributed by atoms with Gasteiger partial charge in [-0.3, -0.25) is 4.79 Å². The third-order valence-electron chi connectivity index (χ3n) is 3.52. The Labute approximate surface area is 123 Å². The van der Waals surface area contributed by atoms with Gasteiger partial charge in [-0.15, -0.1) is 0 Å². The summed E-state index contributed by atoms with van der Waals surface area (Å²) in [6.07, 6.45) is 8.34. The van der Waals surface area contributed by atoms with Gasteiger partial charge in [0.1, 0.15) is 0 Å². The number of hydrogen-bond acceptors (Lipinski definition) is 1. The molecule has 19 heavy (non-hydrogen) atoms. The van der Waals surface area contributed by atoms with Gasteiger partial charge < -0.3 is 5.32 Å². The van der Waals surface area contributed by atoms with Gasteiger partial charge in [0, 0.05) is 17.4 Å². The first-order valence-electron chi connectivity index (χ1n) is 6.91. The van der Waals surface area contributed by atoms with Crippen LogP contribution in [0, 0.1) is 0 Å². The summed E-state index contributed by atoms with van der Waals surface area (Å²) in [6, 6.07) is 7.73. The van der Waals surface area contributed by atoms with Gasteiger partial charge >= 0.3 is 0 Å². The smallest absolute Gasteiger partial charge is 0.251 e. The van der Waals surface area contributed by atoms with Crippen LogP contribution in [0.25, 0.3) is 0 Å². The number of halogens is 1. The zero-order valence-corrected chi connectivity index (χ0v) is 12.7. The molecule has 102 valence electrons. The standard InChI is InChI=1S/C16H20BrNO/c17-12-14-8-4-5-9-15(14)16(19)18-11-10-13-6-2-1-3-7-13/h4-6,8-9H,1-3,7,10-12H2,(H,18,19). The van der Waals surface area contributed by atoms with Crippen LogP contribution in [0.3, 0.4) is 0 Å². The molecule has 1 aliphatic rings. The van der Waals surface area contributed by atoms with Crippen molar-refractivity contribution in [1.82, 2.24) is 5.32 Å². The number of amides is 1. The number of carbonyl (C=O) groups excluding carboxylic acids is 1. The molecular weight excluding hydrogens is 302 g/mol. The summed E-state index contributed by atoms with van der Waals surface area (Å²) in [5, 5.41) is 3.73. The van der Waals surface area contributed by atoms with Crippen molar-refractivity contribution < 1.29 is 4.79 Å². The van der Waals surface area contributed by atoms with Crippen LogP contribution in [-0.4, -0.2) is 12.5 Å². The molecule has 0 saturated heterocycles. The van der Waals surface area contributed by atoms with Crippen LogP contribution < -0.4 is 5.32 Å². The van der Waals surface area contributed by atoms with Crippen LogP contribution >= 0.6 is 15.9 Å². The maximum absolute atomic E-state index is 12.1. The number of alkyl halides is 1. The normalized spacial score (nSPS) is 14.9. The van der Waals surface area contributed by atoms with Crippen LogP contribution in [0.5, 0.6) is 0 Å². The van der Waals surface area contributed by atoms with Gasteiger partial charge in [-0.2, -0.15) is 0 Å². The molecule has 0 unspecified atom stereocenters. The lowest BCUT2D eigenvalue weighted by atomic mass is 9.97. The SMILES string of the molecule is O=C(NCCC1=CCCCC1)c1ccccc1CBr. The van der Waals surface area contributed by atoms with E-state index >= 15 is 0 Å². The van der Waals surface area contributed by atoms with E-state index in [4.69, 9.17) is 0 Å². The Bertz CT molecular complexity index is 468. The van der Waals surface area contributed by atoms with E-state index in [-0.39, 0.29) is 5.91 Å². The van der Waals surface area contributed by atoms with E-state index in [0.717, 1.165) is 24.1 Å². The molecule has 0 heterocycles. The average molecular weight is 322 g/mol. The van der Waals surface area contributed by atoms with Crippen LogP contribution in [0.15, 0.2) is 35.9 Å². The zero-order valence-electron chi connectivity index (χ0n) is 11.1. The van der Waals surface area contributed by atoms with Crippen molar-refractivity contribution in [3.05, 3.63) is 47.0 Å². The minimum absolute atomic E-state index is 0.0338. The first kappa shape index (κ1) is 14.3. The summed E-state index contributed by atoms with van der Waals surface area (Å²) in [5.41, 5.74) is 3.31. The van der Waals surface area contributed by atoms with Gasteiger partial charge in [0.25, 0.3) is 5.91 Å². The molecule has 1 aliphatic carbocycles. The Morgan fingerprint density at radius 1 is 1.26 bits per heavy atom. The van der Waals surface area contributed by atoms with Crippen LogP contribution in [0.1, 0.15) is 48.0 Å². The molecule has 0 spiro atoms. The summed E-state index contributed by atoms with van der Waals surface area (Å²) in [4.78, 5) is 12.1. The monoisotopic (exact) mass is 321 g/mol. The second-order valence-corrected chi connectivity index (χ2v) is 5.47. The third-order valence-corrected chi connectivity index (χ3v) is 4.13. The van der Waals surface area contributed by atoms with Crippen molar-refractivity contribution in [2.45, 2.75) is 37.4 Å². The molecule has 1 N–H and O–H groups in total. The van der Waals surface area contributed by atoms with Gasteiger partial charge in [0.2, 0.25) is 0 Å². The molecule has 0 aromatic heterocycles. The van der Waals surface area contributed by atoms with Crippen molar-refractivity contribution >= 4 is 21.8 Å². The van der Waals surface area contributed by atoms with Crippen LogP contribution in [-0.2, 0) is 5.33 Å². The molecule has 0 radical (unpaired) electrons. The Balaban J connectivity index is 1.85. The summed E-state index contributed by atoms with van der Waals surface area (Å²) in [5.74, 6) is 0.0338. The van der Waals surface area contributed by atoms with Crippen molar-refractivity contribution in [2.24, 2.45) is 0 Å². The molecule has 0 fully saturated rings. The Hall–Kier alpha value is -1.09. The minimum Gasteiger partial charge on any atom is -0.352 e.